The average molecular weight is 310 g/mol. The molecule has 1 aromatic heterocycles. The third-order valence-electron chi connectivity index (χ3n) is 2.80. The molecule has 0 saturated heterocycles. The fraction of sp³-hybridized carbons (Fsp3) is 0.308. The van der Waals surface area contributed by atoms with E-state index >= 15 is 0 Å². The van der Waals surface area contributed by atoms with E-state index in [1.165, 1.54) is 0 Å². The van der Waals surface area contributed by atoms with Gasteiger partial charge in [-0.2, -0.15) is 0 Å². The lowest BCUT2D eigenvalue weighted by Crippen LogP contribution is -2.15. The quantitative estimate of drug-likeness (QED) is 0.812. The third kappa shape index (κ3) is 2.73. The Bertz CT molecular complexity index is 554. The van der Waals surface area contributed by atoms with Crippen LogP contribution in [0.5, 0.6) is 0 Å². The summed E-state index contributed by atoms with van der Waals surface area (Å²) in [6.45, 7) is 2.80. The number of aliphatic hydroxyl groups excluding tert-OH is 1. The molecular formula is C13H16BrN3O. The van der Waals surface area contributed by atoms with Crippen LogP contribution < -0.4 is 11.1 Å². The summed E-state index contributed by atoms with van der Waals surface area (Å²) in [6, 6.07) is 5.88. The highest BCUT2D eigenvalue weighted by Gasteiger charge is 2.08. The zero-order valence-electron chi connectivity index (χ0n) is 10.2. The number of aromatic nitrogens is 1. The topological polar surface area (TPSA) is 71.2 Å². The summed E-state index contributed by atoms with van der Waals surface area (Å²) >= 11 is 3.45. The molecule has 1 unspecified atom stereocenters. The van der Waals surface area contributed by atoms with Gasteiger partial charge in [-0.15, -0.1) is 0 Å². The number of pyridine rings is 1. The number of nitrogen functional groups attached to an aromatic ring is 1. The smallest absolute Gasteiger partial charge is 0.0743 e. The van der Waals surface area contributed by atoms with Crippen LogP contribution in [-0.2, 0) is 0 Å². The van der Waals surface area contributed by atoms with Crippen molar-refractivity contribution in [2.75, 3.05) is 24.2 Å². The number of rotatable bonds is 4. The Labute approximate surface area is 114 Å². The van der Waals surface area contributed by atoms with Crippen LogP contribution in [0.15, 0.2) is 28.9 Å². The molecule has 2 aromatic rings. The number of hydrogen-bond acceptors (Lipinski definition) is 4. The molecule has 0 amide bonds. The van der Waals surface area contributed by atoms with E-state index in [2.05, 4.69) is 26.2 Å². The lowest BCUT2D eigenvalue weighted by Gasteiger charge is -2.15. The molecule has 0 aliphatic carbocycles. The standard InChI is InChI=1S/C13H16BrN3O/c1-8(7-18)5-17-13-10-4-9(14)2-3-12(10)16-6-11(13)15/h2-4,6,8,18H,5,7,15H2,1H3,(H,16,17). The van der Waals surface area contributed by atoms with E-state index in [1.807, 2.05) is 25.1 Å². The van der Waals surface area contributed by atoms with Gasteiger partial charge in [0.15, 0.2) is 0 Å². The summed E-state index contributed by atoms with van der Waals surface area (Å²) in [6.07, 6.45) is 1.65. The molecule has 5 heteroatoms. The highest BCUT2D eigenvalue weighted by Crippen LogP contribution is 2.30. The van der Waals surface area contributed by atoms with Crippen LogP contribution in [0, 0.1) is 5.92 Å². The van der Waals surface area contributed by atoms with Crippen molar-refractivity contribution in [3.8, 4) is 0 Å². The van der Waals surface area contributed by atoms with Crippen molar-refractivity contribution in [3.63, 3.8) is 0 Å². The van der Waals surface area contributed by atoms with E-state index in [0.717, 1.165) is 21.1 Å². The van der Waals surface area contributed by atoms with Gasteiger partial charge in [-0.25, -0.2) is 0 Å². The van der Waals surface area contributed by atoms with Crippen LogP contribution in [0.25, 0.3) is 10.9 Å². The van der Waals surface area contributed by atoms with Crippen LogP contribution in [0.4, 0.5) is 11.4 Å². The molecule has 0 aliphatic rings. The van der Waals surface area contributed by atoms with Gasteiger partial charge in [-0.05, 0) is 24.1 Å². The molecule has 0 spiro atoms. The van der Waals surface area contributed by atoms with Crippen LogP contribution in [0.2, 0.25) is 0 Å². The molecule has 0 fully saturated rings. The zero-order valence-corrected chi connectivity index (χ0v) is 11.7. The average Bonchev–Trinajstić information content (AvgIpc) is 2.37. The van der Waals surface area contributed by atoms with Crippen LogP contribution in [0.3, 0.4) is 0 Å². The first-order chi connectivity index (χ1) is 8.61. The fourth-order valence-electron chi connectivity index (χ4n) is 1.72. The van der Waals surface area contributed by atoms with Gasteiger partial charge in [-0.3, -0.25) is 4.98 Å². The molecule has 2 rings (SSSR count). The molecule has 18 heavy (non-hydrogen) atoms. The SMILES string of the molecule is CC(CO)CNc1c(N)cnc2ccc(Br)cc12. The highest BCUT2D eigenvalue weighted by molar-refractivity contribution is 9.10. The van der Waals surface area contributed by atoms with Gasteiger partial charge < -0.3 is 16.2 Å². The van der Waals surface area contributed by atoms with Crippen molar-refractivity contribution in [3.05, 3.63) is 28.9 Å². The van der Waals surface area contributed by atoms with Gasteiger partial charge in [0.25, 0.3) is 0 Å². The van der Waals surface area contributed by atoms with Crippen molar-refractivity contribution in [2.24, 2.45) is 5.92 Å². The summed E-state index contributed by atoms with van der Waals surface area (Å²) in [5, 5.41) is 13.3. The monoisotopic (exact) mass is 309 g/mol. The minimum atomic E-state index is 0.152. The Hall–Kier alpha value is -1.33. The van der Waals surface area contributed by atoms with Crippen molar-refractivity contribution in [2.45, 2.75) is 6.92 Å². The van der Waals surface area contributed by atoms with E-state index < -0.39 is 0 Å². The van der Waals surface area contributed by atoms with Crippen LogP contribution in [-0.4, -0.2) is 23.2 Å². The Morgan fingerprint density at radius 3 is 3.00 bits per heavy atom. The van der Waals surface area contributed by atoms with Gasteiger partial charge in [0.1, 0.15) is 0 Å². The van der Waals surface area contributed by atoms with Gasteiger partial charge in [0.2, 0.25) is 0 Å². The summed E-state index contributed by atoms with van der Waals surface area (Å²) < 4.78 is 0.987. The van der Waals surface area contributed by atoms with Crippen LogP contribution in [0.1, 0.15) is 6.92 Å². The van der Waals surface area contributed by atoms with E-state index in [9.17, 15) is 0 Å². The second-order valence-corrected chi connectivity index (χ2v) is 5.33. The number of nitrogens with one attached hydrogen (secondary N) is 1. The summed E-state index contributed by atoms with van der Waals surface area (Å²) in [4.78, 5) is 4.29. The molecule has 0 saturated carbocycles. The minimum Gasteiger partial charge on any atom is -0.396 e. The molecular weight excluding hydrogens is 294 g/mol. The third-order valence-corrected chi connectivity index (χ3v) is 3.29. The van der Waals surface area contributed by atoms with Gasteiger partial charge in [0.05, 0.1) is 23.1 Å². The summed E-state index contributed by atoms with van der Waals surface area (Å²) in [5.41, 5.74) is 8.35. The van der Waals surface area contributed by atoms with Crippen molar-refractivity contribution in [1.82, 2.24) is 4.98 Å². The highest BCUT2D eigenvalue weighted by atomic mass is 79.9. The van der Waals surface area contributed by atoms with E-state index in [4.69, 9.17) is 10.8 Å². The lowest BCUT2D eigenvalue weighted by atomic mass is 10.1. The predicted molar refractivity (Wildman–Crippen MR) is 78.6 cm³/mol. The molecule has 4 N–H and O–H groups in total. The van der Waals surface area contributed by atoms with Gasteiger partial charge in [0, 0.05) is 23.0 Å². The molecule has 96 valence electrons. The number of fused-ring (bicyclic) bond motifs is 1. The first kappa shape index (κ1) is 13.1. The van der Waals surface area contributed by atoms with Crippen LogP contribution >= 0.6 is 15.9 Å². The number of nitrogens with two attached hydrogens (primary N) is 1. The Morgan fingerprint density at radius 2 is 2.28 bits per heavy atom. The second-order valence-electron chi connectivity index (χ2n) is 4.42. The largest absolute Gasteiger partial charge is 0.396 e. The first-order valence-electron chi connectivity index (χ1n) is 5.80. The Morgan fingerprint density at radius 1 is 1.50 bits per heavy atom. The number of anilines is 2. The first-order valence-corrected chi connectivity index (χ1v) is 6.59. The summed E-state index contributed by atoms with van der Waals surface area (Å²) in [5.74, 6) is 0.180. The van der Waals surface area contributed by atoms with Gasteiger partial charge in [-0.1, -0.05) is 22.9 Å². The van der Waals surface area contributed by atoms with Gasteiger partial charge >= 0.3 is 0 Å². The van der Waals surface area contributed by atoms with E-state index in [0.29, 0.717) is 12.2 Å². The van der Waals surface area contributed by atoms with E-state index in [-0.39, 0.29) is 12.5 Å². The van der Waals surface area contributed by atoms with Crippen molar-refractivity contribution < 1.29 is 5.11 Å². The molecule has 0 bridgehead atoms. The second kappa shape index (κ2) is 5.54. The summed E-state index contributed by atoms with van der Waals surface area (Å²) in [7, 11) is 0. The number of nitrogens with zero attached hydrogens (tertiary/aromatic N) is 1. The maximum Gasteiger partial charge on any atom is 0.0743 e. The number of benzene rings is 1. The normalized spacial score (nSPS) is 12.6. The number of halogens is 1. The zero-order chi connectivity index (χ0) is 13.1. The maximum absolute atomic E-state index is 9.05. The molecule has 4 nitrogen and oxygen atoms in total. The van der Waals surface area contributed by atoms with E-state index in [1.54, 1.807) is 6.20 Å². The molecule has 1 aromatic carbocycles. The Kier molecular flexibility index (Phi) is 4.04. The maximum atomic E-state index is 9.05. The minimum absolute atomic E-state index is 0.152. The number of hydrogen-bond donors (Lipinski definition) is 3. The fourth-order valence-corrected chi connectivity index (χ4v) is 2.08. The lowest BCUT2D eigenvalue weighted by molar-refractivity contribution is 0.244. The predicted octanol–water partition coefficient (Wildman–Crippen LogP) is 2.62. The molecule has 1 heterocycles. The number of aliphatic hydroxyl groups is 1. The van der Waals surface area contributed by atoms with Crippen molar-refractivity contribution >= 4 is 38.2 Å². The molecule has 1 atom stereocenters. The molecule has 0 radical (unpaired) electrons. The Balaban J connectivity index is 2.40. The molecule has 0 aliphatic heterocycles. The van der Waals surface area contributed by atoms with Crippen molar-refractivity contribution in [1.29, 1.82) is 0 Å².